The van der Waals surface area contributed by atoms with Crippen LogP contribution in [0.4, 0.5) is 26.3 Å². The van der Waals surface area contributed by atoms with Crippen LogP contribution in [0.2, 0.25) is 0 Å². The van der Waals surface area contributed by atoms with E-state index in [0.29, 0.717) is 39.7 Å². The Bertz CT molecular complexity index is 1250. The minimum atomic E-state index is -4.52. The first-order valence-electron chi connectivity index (χ1n) is 11.7. The highest BCUT2D eigenvalue weighted by Gasteiger charge is 2.35. The van der Waals surface area contributed by atoms with Gasteiger partial charge in [-0.05, 0) is 71.7 Å². The second kappa shape index (κ2) is 10.3. The molecule has 0 fully saturated rings. The number of hydrogen-bond acceptors (Lipinski definition) is 3. The van der Waals surface area contributed by atoms with E-state index in [4.69, 9.17) is 14.5 Å². The first-order chi connectivity index (χ1) is 17.7. The summed E-state index contributed by atoms with van der Waals surface area (Å²) in [7, 11) is -0.0876. The minimum absolute atomic E-state index is 0.125. The van der Waals surface area contributed by atoms with Gasteiger partial charge in [-0.3, -0.25) is 0 Å². The fraction of sp³-hybridized carbons (Fsp3) is 0.321. The molecule has 0 bridgehead atoms. The summed E-state index contributed by atoms with van der Waals surface area (Å²) in [6.07, 6.45) is -9.04. The Morgan fingerprint density at radius 3 is 1.68 bits per heavy atom. The Balaban J connectivity index is 1.90. The van der Waals surface area contributed by atoms with E-state index in [2.05, 4.69) is 0 Å². The largest absolute Gasteiger partial charge is 0.497 e. The van der Waals surface area contributed by atoms with Crippen molar-refractivity contribution in [1.29, 1.82) is 0 Å². The van der Waals surface area contributed by atoms with Crippen LogP contribution in [-0.2, 0) is 17.1 Å². The van der Waals surface area contributed by atoms with Crippen LogP contribution in [0.1, 0.15) is 37.5 Å². The van der Waals surface area contributed by atoms with Crippen molar-refractivity contribution in [1.82, 2.24) is 0 Å². The molecule has 38 heavy (non-hydrogen) atoms. The maximum Gasteiger partial charge on any atom is 0.416 e. The number of alkyl halides is 6. The first-order valence-corrected chi connectivity index (χ1v) is 13.1. The quantitative estimate of drug-likeness (QED) is 0.261. The second-order valence-electron chi connectivity index (χ2n) is 9.93. The Morgan fingerprint density at radius 2 is 1.29 bits per heavy atom. The van der Waals surface area contributed by atoms with E-state index in [1.807, 2.05) is 20.8 Å². The Hall–Kier alpha value is -3.06. The molecule has 202 valence electrons. The molecule has 10 heteroatoms. The van der Waals surface area contributed by atoms with Crippen molar-refractivity contribution in [3.05, 3.63) is 83.4 Å². The topological polar surface area (TPSA) is 30.8 Å². The molecule has 1 unspecified atom stereocenters. The van der Waals surface area contributed by atoms with Gasteiger partial charge < -0.3 is 9.47 Å². The van der Waals surface area contributed by atoms with Gasteiger partial charge in [-0.2, -0.15) is 26.3 Å². The number of hydrogen-bond donors (Lipinski definition) is 0. The van der Waals surface area contributed by atoms with Gasteiger partial charge in [0.15, 0.2) is 0 Å². The molecule has 0 amide bonds. The number of rotatable bonds is 5. The predicted octanol–water partition coefficient (Wildman–Crippen LogP) is 6.68. The molecule has 0 aromatic heterocycles. The summed E-state index contributed by atoms with van der Waals surface area (Å²) in [5.41, 5.74) is -1.21. The highest BCUT2D eigenvalue weighted by molar-refractivity contribution is 7.80. The third-order valence-electron chi connectivity index (χ3n) is 6.23. The molecule has 0 aliphatic carbocycles. The van der Waals surface area contributed by atoms with Crippen molar-refractivity contribution in [2.45, 2.75) is 39.2 Å². The lowest BCUT2D eigenvalue weighted by molar-refractivity contribution is -0.138. The second-order valence-corrected chi connectivity index (χ2v) is 12.1. The summed E-state index contributed by atoms with van der Waals surface area (Å²) in [4.78, 5) is 4.78. The third-order valence-corrected chi connectivity index (χ3v) is 8.73. The predicted molar refractivity (Wildman–Crippen MR) is 137 cm³/mol. The maximum absolute atomic E-state index is 13.3. The molecule has 1 aliphatic heterocycles. The third kappa shape index (κ3) is 5.98. The average molecular weight is 553 g/mol. The van der Waals surface area contributed by atoms with Gasteiger partial charge in [0.05, 0.1) is 24.3 Å². The molecule has 4 rings (SSSR count). The zero-order chi connectivity index (χ0) is 27.9. The number of ether oxygens (including phenoxy) is 2. The van der Waals surface area contributed by atoms with Gasteiger partial charge in [0.2, 0.25) is 5.90 Å². The molecule has 1 heterocycles. The van der Waals surface area contributed by atoms with Crippen molar-refractivity contribution in [3.63, 3.8) is 0 Å². The van der Waals surface area contributed by atoms with E-state index in [0.717, 1.165) is 24.3 Å². The van der Waals surface area contributed by atoms with E-state index in [1.165, 1.54) is 31.4 Å². The van der Waals surface area contributed by atoms with Crippen LogP contribution >= 0.6 is 7.92 Å². The van der Waals surface area contributed by atoms with E-state index in [-0.39, 0.29) is 11.5 Å². The molecule has 3 nitrogen and oxygen atoms in total. The molecule has 0 N–H and O–H groups in total. The molecule has 1 atom stereocenters. The smallest absolute Gasteiger partial charge is 0.416 e. The lowest BCUT2D eigenvalue weighted by atomic mass is 9.88. The fourth-order valence-electron chi connectivity index (χ4n) is 4.00. The van der Waals surface area contributed by atoms with E-state index < -0.39 is 31.4 Å². The van der Waals surface area contributed by atoms with Gasteiger partial charge in [0, 0.05) is 5.56 Å². The van der Waals surface area contributed by atoms with Crippen molar-refractivity contribution in [2.24, 2.45) is 10.4 Å². The van der Waals surface area contributed by atoms with Crippen molar-refractivity contribution in [2.75, 3.05) is 13.7 Å². The van der Waals surface area contributed by atoms with Crippen molar-refractivity contribution >= 4 is 29.7 Å². The van der Waals surface area contributed by atoms with E-state index in [1.54, 1.807) is 18.2 Å². The molecule has 0 spiro atoms. The molecular formula is C28H26F6NO2P. The molecular weight excluding hydrogens is 527 g/mol. The number of aliphatic imine (C=N–C) groups is 1. The minimum Gasteiger partial charge on any atom is -0.497 e. The molecule has 0 radical (unpaired) electrons. The zero-order valence-electron chi connectivity index (χ0n) is 21.1. The standard InChI is InChI=1S/C28H26F6NO2P/c1-26(2,3)24-16-37-25(35-24)22-15-19(36-4)9-14-23(22)38(20-10-5-17(6-11-20)27(29,30)31)21-12-7-18(8-13-21)28(32,33)34/h5-15,24H,16H2,1-4H3. The zero-order valence-corrected chi connectivity index (χ0v) is 22.0. The fourth-order valence-corrected chi connectivity index (χ4v) is 6.37. The lowest BCUT2D eigenvalue weighted by Crippen LogP contribution is -2.26. The number of halogens is 6. The Morgan fingerprint density at radius 1 is 0.789 bits per heavy atom. The van der Waals surface area contributed by atoms with Crippen LogP contribution in [-0.4, -0.2) is 25.7 Å². The number of benzene rings is 3. The Labute approximate surface area is 218 Å². The van der Waals surface area contributed by atoms with Gasteiger partial charge in [-0.1, -0.05) is 45.0 Å². The summed E-state index contributed by atoms with van der Waals surface area (Å²) in [5.74, 6) is 0.884. The van der Waals surface area contributed by atoms with Gasteiger partial charge in [-0.25, -0.2) is 4.99 Å². The van der Waals surface area contributed by atoms with Crippen molar-refractivity contribution in [3.8, 4) is 5.75 Å². The van der Waals surface area contributed by atoms with Crippen LogP contribution in [0.15, 0.2) is 71.7 Å². The van der Waals surface area contributed by atoms with Gasteiger partial charge in [-0.15, -0.1) is 0 Å². The summed E-state index contributed by atoms with van der Waals surface area (Å²) >= 11 is 0. The molecule has 0 saturated heterocycles. The highest BCUT2D eigenvalue weighted by Crippen LogP contribution is 2.39. The summed E-state index contributed by atoms with van der Waals surface area (Å²) < 4.78 is 90.9. The SMILES string of the molecule is COc1ccc(P(c2ccc(C(F)(F)F)cc2)c2ccc(C(F)(F)F)cc2)c(C2=NC(C(C)(C)C)CO2)c1. The number of nitrogens with zero attached hydrogens (tertiary/aromatic N) is 1. The highest BCUT2D eigenvalue weighted by atomic mass is 31.1. The molecule has 3 aromatic rings. The molecule has 3 aromatic carbocycles. The van der Waals surface area contributed by atoms with E-state index in [9.17, 15) is 26.3 Å². The van der Waals surface area contributed by atoms with E-state index >= 15 is 0 Å². The summed E-state index contributed by atoms with van der Waals surface area (Å²) in [6.45, 7) is 6.47. The van der Waals surface area contributed by atoms with Crippen molar-refractivity contribution < 1.29 is 35.8 Å². The van der Waals surface area contributed by atoms with Gasteiger partial charge >= 0.3 is 12.4 Å². The molecule has 1 aliphatic rings. The summed E-state index contributed by atoms with van der Waals surface area (Å²) in [6, 6.07) is 14.5. The van der Waals surface area contributed by atoms with Gasteiger partial charge in [0.1, 0.15) is 12.4 Å². The summed E-state index contributed by atoms with van der Waals surface area (Å²) in [5, 5.41) is 1.74. The van der Waals surface area contributed by atoms with Gasteiger partial charge in [0.25, 0.3) is 0 Å². The molecule has 0 saturated carbocycles. The van der Waals surface area contributed by atoms with Crippen LogP contribution in [0, 0.1) is 5.41 Å². The van der Waals surface area contributed by atoms with Crippen LogP contribution in [0.5, 0.6) is 5.75 Å². The number of methoxy groups -OCH3 is 1. The van der Waals surface area contributed by atoms with Crippen LogP contribution in [0.25, 0.3) is 0 Å². The Kier molecular flexibility index (Phi) is 7.54. The monoisotopic (exact) mass is 553 g/mol. The maximum atomic E-state index is 13.3. The average Bonchev–Trinajstić information content (AvgIpc) is 3.35. The lowest BCUT2D eigenvalue weighted by Gasteiger charge is -2.23. The van der Waals surface area contributed by atoms with Crippen LogP contribution < -0.4 is 20.7 Å². The normalized spacial score (nSPS) is 16.4. The first kappa shape index (κ1) is 28.0. The van der Waals surface area contributed by atoms with Crippen LogP contribution in [0.3, 0.4) is 0 Å².